The second-order valence-electron chi connectivity index (χ2n) is 10.8. The Morgan fingerprint density at radius 1 is 1.12 bits per heavy atom. The Labute approximate surface area is 244 Å². The molecule has 1 heterocycles. The highest BCUT2D eigenvalue weighted by atomic mass is 35.5. The summed E-state index contributed by atoms with van der Waals surface area (Å²) < 4.78 is 44.5. The van der Waals surface area contributed by atoms with Crippen LogP contribution in [0.1, 0.15) is 53.7 Å². The number of rotatable bonds is 8. The Morgan fingerprint density at radius 3 is 2.59 bits per heavy atom. The Morgan fingerprint density at radius 2 is 1.88 bits per heavy atom. The molecule has 1 saturated carbocycles. The van der Waals surface area contributed by atoms with Crippen molar-refractivity contribution in [1.29, 1.82) is 0 Å². The molecular weight excluding hydrogens is 563 g/mol. The molecule has 3 aromatic carbocycles. The first-order valence-electron chi connectivity index (χ1n) is 13.6. The summed E-state index contributed by atoms with van der Waals surface area (Å²) in [5.74, 6) is 0.209. The molecule has 1 amide bonds. The molecule has 0 bridgehead atoms. The van der Waals surface area contributed by atoms with E-state index in [4.69, 9.17) is 11.6 Å². The molecule has 0 unspecified atom stereocenters. The largest absolute Gasteiger partial charge is 0.337 e. The van der Waals surface area contributed by atoms with Gasteiger partial charge in [0.1, 0.15) is 11.6 Å². The lowest BCUT2D eigenvalue weighted by Crippen LogP contribution is -2.34. The number of benzene rings is 3. The fourth-order valence-electron chi connectivity index (χ4n) is 5.68. The average Bonchev–Trinajstić information content (AvgIpc) is 3.66. The first kappa shape index (κ1) is 27.6. The number of nitrogens with one attached hydrogen (secondary N) is 1. The second-order valence-corrected chi connectivity index (χ2v) is 12.9. The highest BCUT2D eigenvalue weighted by Gasteiger charge is 2.46. The molecule has 6 rings (SSSR count). The molecule has 1 N–H and O–H groups in total. The normalized spacial score (nSPS) is 19.9. The minimum absolute atomic E-state index is 0.00662. The fourth-order valence-corrected chi connectivity index (χ4v) is 7.05. The standard InChI is InChI=1S/C31H30ClFN4O3S/c1-36-16-15-34-30(36)19-37(31(38)28-18-26(28)21-5-8-22(32)9-6-21)24-12-7-20-3-2-4-29(27(20)17-24)35-41(39,40)25-13-10-23(33)11-14-25/h5-17,26,28-29,35H,2-4,18-19H2,1H3/t26-,28+,29-/m0/s1. The number of sulfonamides is 1. The third kappa shape index (κ3) is 5.80. The van der Waals surface area contributed by atoms with Crippen LogP contribution in [-0.4, -0.2) is 23.9 Å². The van der Waals surface area contributed by atoms with Gasteiger partial charge in [-0.05, 0) is 96.8 Å². The zero-order valence-corrected chi connectivity index (χ0v) is 24.1. The van der Waals surface area contributed by atoms with Crippen LogP contribution in [0, 0.1) is 11.7 Å². The van der Waals surface area contributed by atoms with E-state index in [1.807, 2.05) is 60.3 Å². The van der Waals surface area contributed by atoms with Gasteiger partial charge in [-0.15, -0.1) is 0 Å². The van der Waals surface area contributed by atoms with Gasteiger partial charge in [-0.3, -0.25) is 4.79 Å². The molecular formula is C31H30ClFN4O3S. The smallest absolute Gasteiger partial charge is 0.241 e. The van der Waals surface area contributed by atoms with Gasteiger partial charge in [0, 0.05) is 42.1 Å². The lowest BCUT2D eigenvalue weighted by Gasteiger charge is -2.29. The Bertz CT molecular complexity index is 1690. The quantitative estimate of drug-likeness (QED) is 0.276. The number of aryl methyl sites for hydroxylation is 2. The monoisotopic (exact) mass is 592 g/mol. The number of aromatic nitrogens is 2. The molecule has 4 aromatic rings. The van der Waals surface area contributed by atoms with Crippen molar-refractivity contribution in [2.75, 3.05) is 4.90 Å². The summed E-state index contributed by atoms with van der Waals surface area (Å²) in [4.78, 5) is 20.2. The van der Waals surface area contributed by atoms with Gasteiger partial charge in [-0.2, -0.15) is 0 Å². The Balaban J connectivity index is 1.31. The van der Waals surface area contributed by atoms with Gasteiger partial charge in [0.15, 0.2) is 0 Å². The van der Waals surface area contributed by atoms with Gasteiger partial charge in [0.2, 0.25) is 15.9 Å². The van der Waals surface area contributed by atoms with Crippen LogP contribution in [0.2, 0.25) is 5.02 Å². The average molecular weight is 593 g/mol. The number of carbonyl (C=O) groups excluding carboxylic acids is 1. The minimum Gasteiger partial charge on any atom is -0.337 e. The number of hydrogen-bond acceptors (Lipinski definition) is 4. The zero-order valence-electron chi connectivity index (χ0n) is 22.5. The van der Waals surface area contributed by atoms with Crippen LogP contribution in [0.15, 0.2) is 84.0 Å². The molecule has 1 fully saturated rings. The molecule has 7 nitrogen and oxygen atoms in total. The van der Waals surface area contributed by atoms with E-state index in [-0.39, 0.29) is 29.2 Å². The van der Waals surface area contributed by atoms with E-state index >= 15 is 0 Å². The topological polar surface area (TPSA) is 84.3 Å². The van der Waals surface area contributed by atoms with Gasteiger partial charge in [-0.1, -0.05) is 29.8 Å². The maximum atomic E-state index is 14.0. The zero-order chi connectivity index (χ0) is 28.7. The van der Waals surface area contributed by atoms with Crippen LogP contribution in [0.3, 0.4) is 0 Å². The number of imidazole rings is 1. The SMILES string of the molecule is Cn1ccnc1CN(C(=O)[C@@H]1C[C@H]1c1ccc(Cl)cc1)c1ccc2c(c1)[C@@H](NS(=O)(=O)c1ccc(F)cc1)CCC2. The predicted molar refractivity (Wildman–Crippen MR) is 156 cm³/mol. The second kappa shape index (κ2) is 11.0. The molecule has 0 aliphatic heterocycles. The van der Waals surface area contributed by atoms with Crippen LogP contribution in [0.4, 0.5) is 10.1 Å². The van der Waals surface area contributed by atoms with Crippen LogP contribution in [0.25, 0.3) is 0 Å². The number of amides is 1. The summed E-state index contributed by atoms with van der Waals surface area (Å²) in [6, 6.07) is 17.8. The van der Waals surface area contributed by atoms with Crippen molar-refractivity contribution in [3.63, 3.8) is 0 Å². The van der Waals surface area contributed by atoms with Crippen LogP contribution in [-0.2, 0) is 34.8 Å². The van der Waals surface area contributed by atoms with E-state index in [9.17, 15) is 17.6 Å². The lowest BCUT2D eigenvalue weighted by atomic mass is 9.87. The highest BCUT2D eigenvalue weighted by Crippen LogP contribution is 2.49. The van der Waals surface area contributed by atoms with Crippen LogP contribution < -0.4 is 9.62 Å². The number of hydrogen-bond donors (Lipinski definition) is 1. The Hall–Kier alpha value is -3.53. The molecule has 0 radical (unpaired) electrons. The molecule has 1 aromatic heterocycles. The van der Waals surface area contributed by atoms with Crippen molar-refractivity contribution in [1.82, 2.24) is 14.3 Å². The number of halogens is 2. The molecule has 3 atom stereocenters. The third-order valence-corrected chi connectivity index (χ3v) is 9.81. The van der Waals surface area contributed by atoms with Gasteiger partial charge < -0.3 is 9.47 Å². The van der Waals surface area contributed by atoms with E-state index in [1.54, 1.807) is 11.1 Å². The summed E-state index contributed by atoms with van der Waals surface area (Å²) in [5, 5.41) is 0.660. The third-order valence-electron chi connectivity index (χ3n) is 8.07. The number of nitrogens with zero attached hydrogens (tertiary/aromatic N) is 3. The van der Waals surface area contributed by atoms with Crippen molar-refractivity contribution in [3.8, 4) is 0 Å². The van der Waals surface area contributed by atoms with Gasteiger partial charge in [-0.25, -0.2) is 22.5 Å². The summed E-state index contributed by atoms with van der Waals surface area (Å²) >= 11 is 6.07. The van der Waals surface area contributed by atoms with E-state index in [2.05, 4.69) is 9.71 Å². The predicted octanol–water partition coefficient (Wildman–Crippen LogP) is 5.91. The highest BCUT2D eigenvalue weighted by molar-refractivity contribution is 7.89. The van der Waals surface area contributed by atoms with E-state index in [1.165, 1.54) is 12.1 Å². The molecule has 2 aliphatic rings. The fraction of sp³-hybridized carbons (Fsp3) is 0.290. The molecule has 0 spiro atoms. The molecule has 41 heavy (non-hydrogen) atoms. The molecule has 2 aliphatic carbocycles. The van der Waals surface area contributed by atoms with E-state index in [0.717, 1.165) is 53.9 Å². The molecule has 10 heteroatoms. The maximum absolute atomic E-state index is 14.0. The lowest BCUT2D eigenvalue weighted by molar-refractivity contribution is -0.120. The molecule has 0 saturated heterocycles. The number of carbonyl (C=O) groups is 1. The van der Waals surface area contributed by atoms with Crippen molar-refractivity contribution in [3.05, 3.63) is 112 Å². The van der Waals surface area contributed by atoms with Crippen LogP contribution in [0.5, 0.6) is 0 Å². The summed E-state index contributed by atoms with van der Waals surface area (Å²) in [5.41, 5.74) is 3.68. The molecule has 212 valence electrons. The van der Waals surface area contributed by atoms with Crippen molar-refractivity contribution >= 4 is 33.2 Å². The van der Waals surface area contributed by atoms with E-state index < -0.39 is 21.9 Å². The first-order chi connectivity index (χ1) is 19.7. The summed E-state index contributed by atoms with van der Waals surface area (Å²) in [6.07, 6.45) is 6.56. The van der Waals surface area contributed by atoms with E-state index in [0.29, 0.717) is 17.1 Å². The van der Waals surface area contributed by atoms with Crippen molar-refractivity contribution in [2.24, 2.45) is 13.0 Å². The van der Waals surface area contributed by atoms with Gasteiger partial charge in [0.25, 0.3) is 0 Å². The van der Waals surface area contributed by atoms with Crippen molar-refractivity contribution < 1.29 is 17.6 Å². The Kier molecular flexibility index (Phi) is 7.44. The first-order valence-corrected chi connectivity index (χ1v) is 15.5. The van der Waals surface area contributed by atoms with Gasteiger partial charge in [0.05, 0.1) is 11.4 Å². The van der Waals surface area contributed by atoms with Gasteiger partial charge >= 0.3 is 0 Å². The maximum Gasteiger partial charge on any atom is 0.241 e. The van der Waals surface area contributed by atoms with Crippen LogP contribution >= 0.6 is 11.6 Å². The number of anilines is 1. The number of fused-ring (bicyclic) bond motifs is 1. The minimum atomic E-state index is -3.88. The summed E-state index contributed by atoms with van der Waals surface area (Å²) in [7, 11) is -1.99. The van der Waals surface area contributed by atoms with Crippen molar-refractivity contribution in [2.45, 2.75) is 49.1 Å². The summed E-state index contributed by atoms with van der Waals surface area (Å²) in [6.45, 7) is 0.289.